The Morgan fingerprint density at radius 3 is 2.39 bits per heavy atom. The lowest BCUT2D eigenvalue weighted by Gasteiger charge is -2.35. The predicted octanol–water partition coefficient (Wildman–Crippen LogP) is 5.74. The fourth-order valence-corrected chi connectivity index (χ4v) is 6.56. The highest BCUT2D eigenvalue weighted by molar-refractivity contribution is 6.01. The normalized spacial score (nSPS) is 20.5. The number of allylic oxidation sites excluding steroid dienone is 4. The zero-order chi connectivity index (χ0) is 28.9. The molecule has 0 aromatic heterocycles. The van der Waals surface area contributed by atoms with E-state index < -0.39 is 0 Å². The van der Waals surface area contributed by atoms with Crippen LogP contribution in [-0.4, -0.2) is 68.9 Å². The number of nitrogens with one attached hydrogen (secondary N) is 1. The number of rotatable bonds is 9. The van der Waals surface area contributed by atoms with Crippen LogP contribution in [0.3, 0.4) is 0 Å². The van der Waals surface area contributed by atoms with Crippen LogP contribution in [0.5, 0.6) is 0 Å². The van der Waals surface area contributed by atoms with Gasteiger partial charge in [-0.3, -0.25) is 14.5 Å². The van der Waals surface area contributed by atoms with Crippen molar-refractivity contribution in [3.05, 3.63) is 76.4 Å². The number of morpholine rings is 1. The first-order valence-electron chi connectivity index (χ1n) is 15.2. The molecule has 6 heteroatoms. The zero-order valence-corrected chi connectivity index (χ0v) is 25.2. The number of ether oxygens (including phenoxy) is 1. The van der Waals surface area contributed by atoms with Gasteiger partial charge >= 0.3 is 0 Å². The summed E-state index contributed by atoms with van der Waals surface area (Å²) in [7, 11) is 2.17. The Labute approximate surface area is 245 Å². The van der Waals surface area contributed by atoms with Gasteiger partial charge in [0, 0.05) is 56.3 Å². The molecule has 6 nitrogen and oxygen atoms in total. The fraction of sp³-hybridized carbons (Fsp3) is 0.486. The molecule has 2 aliphatic heterocycles. The Bertz CT molecular complexity index is 1310. The van der Waals surface area contributed by atoms with Crippen LogP contribution in [0.4, 0.5) is 5.69 Å². The predicted molar refractivity (Wildman–Crippen MR) is 167 cm³/mol. The van der Waals surface area contributed by atoms with E-state index in [1.165, 1.54) is 5.56 Å². The largest absolute Gasteiger partial charge is 0.379 e. The van der Waals surface area contributed by atoms with E-state index in [0.717, 1.165) is 97.9 Å². The number of hydrogen-bond acceptors (Lipinski definition) is 6. The summed E-state index contributed by atoms with van der Waals surface area (Å²) in [5, 5.41) is 3.47. The quantitative estimate of drug-likeness (QED) is 0.399. The second-order valence-corrected chi connectivity index (χ2v) is 12.0. The van der Waals surface area contributed by atoms with Crippen LogP contribution >= 0.6 is 0 Å². The number of anilines is 1. The maximum absolute atomic E-state index is 13.8. The highest BCUT2D eigenvalue weighted by Gasteiger charge is 2.26. The third-order valence-electron chi connectivity index (χ3n) is 9.09. The van der Waals surface area contributed by atoms with Gasteiger partial charge in [-0.2, -0.15) is 0 Å². The minimum atomic E-state index is -0.206. The number of carbonyl (C=O) groups excluding carboxylic acids is 2. The number of nitrogens with zero attached hydrogens (tertiary/aromatic N) is 2. The summed E-state index contributed by atoms with van der Waals surface area (Å²) in [5.74, 6) is 0.0198. The van der Waals surface area contributed by atoms with Gasteiger partial charge in [-0.1, -0.05) is 35.9 Å². The SMILES string of the molecule is CC1=CC(=O)C(CCC(=O)c2cc(-c3ccc(CN4CCOCC4)cc3)cc(N(C)C3CCNCC3)c2C)C(C)=C1. The molecule has 2 aromatic carbocycles. The first kappa shape index (κ1) is 29.4. The molecule has 0 saturated carbocycles. The van der Waals surface area contributed by atoms with Gasteiger partial charge in [0.15, 0.2) is 11.6 Å². The smallest absolute Gasteiger partial charge is 0.163 e. The second kappa shape index (κ2) is 13.3. The highest BCUT2D eigenvalue weighted by Crippen LogP contribution is 2.34. The molecule has 2 fully saturated rings. The van der Waals surface area contributed by atoms with E-state index in [4.69, 9.17) is 4.74 Å². The Morgan fingerprint density at radius 2 is 1.71 bits per heavy atom. The first-order chi connectivity index (χ1) is 19.8. The molecule has 2 aromatic rings. The maximum Gasteiger partial charge on any atom is 0.163 e. The Morgan fingerprint density at radius 1 is 1.00 bits per heavy atom. The molecule has 1 N–H and O–H groups in total. The van der Waals surface area contributed by atoms with Crippen molar-refractivity contribution in [2.75, 3.05) is 51.3 Å². The first-order valence-corrected chi connectivity index (χ1v) is 15.2. The molecule has 2 heterocycles. The molecule has 1 unspecified atom stereocenters. The molecular weight excluding hydrogens is 510 g/mol. The number of carbonyl (C=O) groups is 2. The molecule has 5 rings (SSSR count). The lowest BCUT2D eigenvalue weighted by molar-refractivity contribution is -0.117. The summed E-state index contributed by atoms with van der Waals surface area (Å²) in [4.78, 5) is 31.3. The second-order valence-electron chi connectivity index (χ2n) is 12.0. The molecule has 0 spiro atoms. The fourth-order valence-electron chi connectivity index (χ4n) is 6.56. The van der Waals surface area contributed by atoms with Gasteiger partial charge in [-0.05, 0) is 99.2 Å². The van der Waals surface area contributed by atoms with Crippen molar-refractivity contribution < 1.29 is 14.3 Å². The number of piperidine rings is 1. The topological polar surface area (TPSA) is 61.9 Å². The lowest BCUT2D eigenvalue weighted by atomic mass is 9.84. The summed E-state index contributed by atoms with van der Waals surface area (Å²) in [6.07, 6.45) is 6.85. The van der Waals surface area contributed by atoms with Crippen LogP contribution in [0, 0.1) is 12.8 Å². The Balaban J connectivity index is 1.41. The monoisotopic (exact) mass is 555 g/mol. The molecule has 218 valence electrons. The van der Waals surface area contributed by atoms with Crippen molar-refractivity contribution in [1.82, 2.24) is 10.2 Å². The number of benzene rings is 2. The van der Waals surface area contributed by atoms with Crippen LogP contribution in [0.1, 0.15) is 61.0 Å². The summed E-state index contributed by atoms with van der Waals surface area (Å²) in [6.45, 7) is 12.5. The summed E-state index contributed by atoms with van der Waals surface area (Å²) >= 11 is 0. The minimum absolute atomic E-state index is 0.111. The molecular formula is C35H45N3O3. The van der Waals surface area contributed by atoms with E-state index in [1.54, 1.807) is 6.08 Å². The van der Waals surface area contributed by atoms with Crippen molar-refractivity contribution in [3.63, 3.8) is 0 Å². The molecule has 1 atom stereocenters. The summed E-state index contributed by atoms with van der Waals surface area (Å²) < 4.78 is 5.50. The van der Waals surface area contributed by atoms with Crippen LogP contribution in [0.25, 0.3) is 11.1 Å². The average molecular weight is 556 g/mol. The third kappa shape index (κ3) is 7.06. The summed E-state index contributed by atoms with van der Waals surface area (Å²) in [5.41, 5.74) is 8.43. The van der Waals surface area contributed by atoms with Crippen molar-refractivity contribution in [2.24, 2.45) is 5.92 Å². The van der Waals surface area contributed by atoms with Crippen LogP contribution in [-0.2, 0) is 16.1 Å². The molecule has 0 radical (unpaired) electrons. The van der Waals surface area contributed by atoms with Gasteiger partial charge in [-0.25, -0.2) is 0 Å². The minimum Gasteiger partial charge on any atom is -0.379 e. The van der Waals surface area contributed by atoms with Crippen LogP contribution < -0.4 is 10.2 Å². The van der Waals surface area contributed by atoms with Gasteiger partial charge in [0.1, 0.15) is 0 Å². The highest BCUT2D eigenvalue weighted by atomic mass is 16.5. The zero-order valence-electron chi connectivity index (χ0n) is 25.2. The average Bonchev–Trinajstić information content (AvgIpc) is 2.97. The van der Waals surface area contributed by atoms with Gasteiger partial charge in [-0.15, -0.1) is 0 Å². The number of Topliss-reactive ketones (excluding diaryl/α,β-unsaturated/α-hetero) is 1. The van der Waals surface area contributed by atoms with Crippen molar-refractivity contribution >= 4 is 17.3 Å². The van der Waals surface area contributed by atoms with Gasteiger partial charge in [0.2, 0.25) is 0 Å². The van der Waals surface area contributed by atoms with Gasteiger partial charge in [0.25, 0.3) is 0 Å². The molecule has 41 heavy (non-hydrogen) atoms. The van der Waals surface area contributed by atoms with Crippen molar-refractivity contribution in [2.45, 2.75) is 59.0 Å². The van der Waals surface area contributed by atoms with E-state index in [1.807, 2.05) is 13.8 Å². The standard InChI is InChI=1S/C35H45N3O3/c1-24-19-25(2)31(35(40)20-24)9-10-34(39)32-21-29(22-33(26(32)3)37(4)30-11-13-36-14-12-30)28-7-5-27(6-8-28)23-38-15-17-41-18-16-38/h5-8,19-22,30-31,36H,9-18,23H2,1-4H3. The molecule has 3 aliphatic rings. The Kier molecular flexibility index (Phi) is 9.53. The Hall–Kier alpha value is -3.06. The van der Waals surface area contributed by atoms with E-state index in [-0.39, 0.29) is 17.5 Å². The van der Waals surface area contributed by atoms with E-state index >= 15 is 0 Å². The lowest BCUT2D eigenvalue weighted by Crippen LogP contribution is -2.41. The van der Waals surface area contributed by atoms with Crippen LogP contribution in [0.15, 0.2) is 59.7 Å². The summed E-state index contributed by atoms with van der Waals surface area (Å²) in [6, 6.07) is 13.6. The third-order valence-corrected chi connectivity index (χ3v) is 9.09. The van der Waals surface area contributed by atoms with Gasteiger partial charge in [0.05, 0.1) is 13.2 Å². The van der Waals surface area contributed by atoms with Gasteiger partial charge < -0.3 is 15.0 Å². The van der Waals surface area contributed by atoms with Crippen LogP contribution in [0.2, 0.25) is 0 Å². The van der Waals surface area contributed by atoms with E-state index in [2.05, 4.69) is 71.6 Å². The number of hydrogen-bond donors (Lipinski definition) is 1. The molecule has 0 amide bonds. The van der Waals surface area contributed by atoms with E-state index in [0.29, 0.717) is 18.9 Å². The maximum atomic E-state index is 13.8. The van der Waals surface area contributed by atoms with Crippen molar-refractivity contribution in [1.29, 1.82) is 0 Å². The molecule has 0 bridgehead atoms. The van der Waals surface area contributed by atoms with Crippen molar-refractivity contribution in [3.8, 4) is 11.1 Å². The number of ketones is 2. The molecule has 1 aliphatic carbocycles. The van der Waals surface area contributed by atoms with E-state index in [9.17, 15) is 9.59 Å². The molecule has 2 saturated heterocycles.